The molecule has 1 fully saturated rings. The summed E-state index contributed by atoms with van der Waals surface area (Å²) in [5, 5.41) is 26.6. The molecule has 1 aliphatic carbocycles. The number of carbonyl (C=O) groups excluding carboxylic acids is 2. The fraction of sp³-hybridized carbons (Fsp3) is 0.333. The van der Waals surface area contributed by atoms with Gasteiger partial charge in [0, 0.05) is 34.8 Å². The molecule has 40 heavy (non-hydrogen) atoms. The van der Waals surface area contributed by atoms with Crippen LogP contribution in [0.4, 0.5) is 0 Å². The van der Waals surface area contributed by atoms with Gasteiger partial charge in [-0.3, -0.25) is 14.5 Å². The molecule has 0 radical (unpaired) electrons. The van der Waals surface area contributed by atoms with E-state index in [0.29, 0.717) is 29.2 Å². The number of carbonyl (C=O) groups is 2. The van der Waals surface area contributed by atoms with Gasteiger partial charge in [0.25, 0.3) is 0 Å². The first-order valence-corrected chi connectivity index (χ1v) is 12.9. The first-order chi connectivity index (χ1) is 19.2. The zero-order chi connectivity index (χ0) is 28.5. The van der Waals surface area contributed by atoms with Crippen LogP contribution < -0.4 is 14.2 Å². The number of ether oxygens (including phenoxy) is 3. The summed E-state index contributed by atoms with van der Waals surface area (Å²) in [4.78, 5) is 41.5. The SMILES string of the molecule is COc1ccc(CN2C3CC(N=O)C2(C)Cc2c(O)c4c(c(O)c23)C(=O)c2c(OC)cccc2C4=O)cc1OC. The molecule has 0 amide bonds. The molecule has 10 heteroatoms. The highest BCUT2D eigenvalue weighted by atomic mass is 16.5. The van der Waals surface area contributed by atoms with E-state index in [1.54, 1.807) is 32.4 Å². The first kappa shape index (κ1) is 25.8. The van der Waals surface area contributed by atoms with Crippen LogP contribution in [-0.2, 0) is 13.0 Å². The van der Waals surface area contributed by atoms with Gasteiger partial charge in [-0.1, -0.05) is 23.4 Å². The smallest absolute Gasteiger partial charge is 0.202 e. The minimum atomic E-state index is -0.826. The third-order valence-corrected chi connectivity index (χ3v) is 8.75. The number of methoxy groups -OCH3 is 3. The average Bonchev–Trinajstić information content (AvgIpc) is 3.13. The van der Waals surface area contributed by atoms with E-state index in [4.69, 9.17) is 14.2 Å². The summed E-state index contributed by atoms with van der Waals surface area (Å²) in [5.41, 5.74) is 0.386. The molecule has 2 bridgehead atoms. The number of hydrogen-bond acceptors (Lipinski definition) is 10. The van der Waals surface area contributed by atoms with Crippen LogP contribution in [0.1, 0.15) is 67.9 Å². The van der Waals surface area contributed by atoms with Gasteiger partial charge in [0.05, 0.1) is 38.0 Å². The highest BCUT2D eigenvalue weighted by Gasteiger charge is 2.57. The number of nitroso groups, excluding NO2 is 1. The largest absolute Gasteiger partial charge is 0.507 e. The molecular weight excluding hydrogens is 516 g/mol. The Balaban J connectivity index is 1.52. The molecule has 206 valence electrons. The number of benzene rings is 3. The lowest BCUT2D eigenvalue weighted by Crippen LogP contribution is -2.51. The van der Waals surface area contributed by atoms with Crippen molar-refractivity contribution in [3.63, 3.8) is 0 Å². The summed E-state index contributed by atoms with van der Waals surface area (Å²) in [7, 11) is 4.49. The fourth-order valence-electron chi connectivity index (χ4n) is 6.77. The summed E-state index contributed by atoms with van der Waals surface area (Å²) in [6, 6.07) is 8.97. The van der Waals surface area contributed by atoms with Gasteiger partial charge in [-0.05, 0) is 43.5 Å². The van der Waals surface area contributed by atoms with Crippen molar-refractivity contribution in [1.29, 1.82) is 0 Å². The number of phenols is 2. The van der Waals surface area contributed by atoms with Crippen LogP contribution in [0.15, 0.2) is 41.6 Å². The molecular formula is C30H28N2O8. The summed E-state index contributed by atoms with van der Waals surface area (Å²) < 4.78 is 16.2. The van der Waals surface area contributed by atoms with Crippen LogP contribution in [0.5, 0.6) is 28.7 Å². The van der Waals surface area contributed by atoms with Gasteiger partial charge in [-0.25, -0.2) is 0 Å². The van der Waals surface area contributed by atoms with Gasteiger partial charge in [-0.2, -0.15) is 4.91 Å². The first-order valence-electron chi connectivity index (χ1n) is 12.9. The van der Waals surface area contributed by atoms with E-state index in [1.807, 2.05) is 19.1 Å². The second-order valence-electron chi connectivity index (χ2n) is 10.6. The molecule has 3 unspecified atom stereocenters. The number of aromatic hydroxyl groups is 2. The maximum atomic E-state index is 13.8. The zero-order valence-corrected chi connectivity index (χ0v) is 22.5. The predicted molar refractivity (Wildman–Crippen MR) is 144 cm³/mol. The molecule has 1 saturated heterocycles. The van der Waals surface area contributed by atoms with Crippen molar-refractivity contribution >= 4 is 11.6 Å². The van der Waals surface area contributed by atoms with Crippen LogP contribution in [0, 0.1) is 4.91 Å². The highest BCUT2D eigenvalue weighted by Crippen LogP contribution is 2.58. The third kappa shape index (κ3) is 3.32. The van der Waals surface area contributed by atoms with Crippen molar-refractivity contribution < 1.29 is 34.0 Å². The molecule has 10 nitrogen and oxygen atoms in total. The van der Waals surface area contributed by atoms with Gasteiger partial charge < -0.3 is 24.4 Å². The minimum Gasteiger partial charge on any atom is -0.507 e. The van der Waals surface area contributed by atoms with Crippen molar-refractivity contribution in [3.05, 3.63) is 80.2 Å². The van der Waals surface area contributed by atoms with Crippen LogP contribution in [0.2, 0.25) is 0 Å². The Bertz CT molecular complexity index is 1620. The number of rotatable bonds is 6. The van der Waals surface area contributed by atoms with Crippen LogP contribution in [-0.4, -0.2) is 59.6 Å². The van der Waals surface area contributed by atoms with Gasteiger partial charge in [-0.15, -0.1) is 0 Å². The van der Waals surface area contributed by atoms with E-state index in [9.17, 15) is 24.7 Å². The van der Waals surface area contributed by atoms with Crippen molar-refractivity contribution in [3.8, 4) is 28.7 Å². The summed E-state index contributed by atoms with van der Waals surface area (Å²) in [5.74, 6) is -0.574. The lowest BCUT2D eigenvalue weighted by Gasteiger charge is -2.45. The van der Waals surface area contributed by atoms with Gasteiger partial charge in [0.1, 0.15) is 23.3 Å². The normalized spacial score (nSPS) is 22.8. The van der Waals surface area contributed by atoms with Crippen molar-refractivity contribution in [2.24, 2.45) is 5.18 Å². The third-order valence-electron chi connectivity index (χ3n) is 8.75. The predicted octanol–water partition coefficient (Wildman–Crippen LogP) is 4.30. The lowest BCUT2D eigenvalue weighted by molar-refractivity contribution is 0.0802. The Labute approximate surface area is 230 Å². The van der Waals surface area contributed by atoms with Crippen LogP contribution >= 0.6 is 0 Å². The fourth-order valence-corrected chi connectivity index (χ4v) is 6.77. The van der Waals surface area contributed by atoms with Gasteiger partial charge in [0.2, 0.25) is 5.78 Å². The topological polar surface area (TPSA) is 135 Å². The second kappa shape index (κ2) is 9.06. The quantitative estimate of drug-likeness (QED) is 0.269. The zero-order valence-electron chi connectivity index (χ0n) is 22.5. The van der Waals surface area contributed by atoms with E-state index in [0.717, 1.165) is 5.56 Å². The number of fused-ring (bicyclic) bond motifs is 6. The number of ketones is 2. The number of hydrogen-bond donors (Lipinski definition) is 2. The van der Waals surface area contributed by atoms with E-state index >= 15 is 0 Å². The Morgan fingerprint density at radius 1 is 0.925 bits per heavy atom. The molecule has 3 aromatic carbocycles. The molecule has 2 N–H and O–H groups in total. The summed E-state index contributed by atoms with van der Waals surface area (Å²) in [6.07, 6.45) is 0.412. The molecule has 3 aromatic rings. The van der Waals surface area contributed by atoms with E-state index in [1.165, 1.54) is 13.2 Å². The monoisotopic (exact) mass is 544 g/mol. The Hall–Kier alpha value is -4.44. The molecule has 0 aromatic heterocycles. The molecule has 3 aliphatic rings. The maximum absolute atomic E-state index is 13.8. The van der Waals surface area contributed by atoms with Crippen LogP contribution in [0.25, 0.3) is 0 Å². The highest BCUT2D eigenvalue weighted by molar-refractivity contribution is 6.31. The number of nitrogens with zero attached hydrogens (tertiary/aromatic N) is 2. The lowest BCUT2D eigenvalue weighted by atomic mass is 9.76. The van der Waals surface area contributed by atoms with Crippen molar-refractivity contribution in [2.75, 3.05) is 21.3 Å². The Morgan fingerprint density at radius 3 is 2.30 bits per heavy atom. The molecule has 3 atom stereocenters. The van der Waals surface area contributed by atoms with Gasteiger partial charge >= 0.3 is 0 Å². The summed E-state index contributed by atoms with van der Waals surface area (Å²) >= 11 is 0. The summed E-state index contributed by atoms with van der Waals surface area (Å²) in [6.45, 7) is 2.26. The van der Waals surface area contributed by atoms with E-state index in [-0.39, 0.29) is 52.3 Å². The van der Waals surface area contributed by atoms with Crippen molar-refractivity contribution in [1.82, 2.24) is 4.90 Å². The van der Waals surface area contributed by atoms with E-state index < -0.39 is 29.2 Å². The number of phenolic OH excluding ortho intramolecular Hbond substituents is 2. The van der Waals surface area contributed by atoms with Gasteiger partial charge in [0.15, 0.2) is 17.3 Å². The molecule has 0 saturated carbocycles. The Morgan fingerprint density at radius 2 is 1.62 bits per heavy atom. The van der Waals surface area contributed by atoms with Crippen molar-refractivity contribution in [2.45, 2.75) is 43.9 Å². The Kier molecular flexibility index (Phi) is 5.85. The average molecular weight is 545 g/mol. The minimum absolute atomic E-state index is 0.0406. The molecule has 2 aliphatic heterocycles. The maximum Gasteiger partial charge on any atom is 0.202 e. The van der Waals surface area contributed by atoms with Crippen LogP contribution in [0.3, 0.4) is 0 Å². The molecule has 0 spiro atoms. The molecule has 2 heterocycles. The molecule has 6 rings (SSSR count). The van der Waals surface area contributed by atoms with E-state index in [2.05, 4.69) is 10.1 Å². The standard InChI is InChI=1S/C30H28N2O8/c1-30-12-16-22(17(11-21(30)31-37)32(30)13-14-8-9-18(38-2)20(10-14)40-4)28(35)25-24(27(16)34)26(33)15-6-5-7-19(39-3)23(15)29(25)36/h5-10,17,21,34-35H,11-13H2,1-4H3. The second-order valence-corrected chi connectivity index (χ2v) is 10.6.